The summed E-state index contributed by atoms with van der Waals surface area (Å²) in [6.07, 6.45) is 0.931. The van der Waals surface area contributed by atoms with Gasteiger partial charge in [0.05, 0.1) is 0 Å². The number of rotatable bonds is 2. The Bertz CT molecular complexity index is 45.9. The van der Waals surface area contributed by atoms with E-state index in [9.17, 15) is 0 Å². The van der Waals surface area contributed by atoms with Gasteiger partial charge in [0.2, 0.25) is 0 Å². The van der Waals surface area contributed by atoms with Crippen LogP contribution in [0.4, 0.5) is 0 Å². The van der Waals surface area contributed by atoms with Gasteiger partial charge in [-0.15, -0.1) is 0 Å². The molecule has 1 heteroatoms. The maximum atomic E-state index is 8.24. The lowest BCUT2D eigenvalue weighted by Gasteiger charge is -1.95. The second-order valence-electron chi connectivity index (χ2n) is 3.64. The maximum absolute atomic E-state index is 8.24. The molecule has 0 saturated heterocycles. The molecule has 0 aromatic heterocycles. The second-order valence-corrected chi connectivity index (χ2v) is 3.64. The third-order valence-electron chi connectivity index (χ3n) is 0.706. The summed E-state index contributed by atoms with van der Waals surface area (Å²) < 4.78 is 0. The molecule has 10 heavy (non-hydrogen) atoms. The SMILES string of the molecule is CC(C)C.CC(C)CCO. The molecule has 0 spiro atoms. The van der Waals surface area contributed by atoms with Crippen LogP contribution in [0.1, 0.15) is 41.0 Å². The maximum Gasteiger partial charge on any atom is 0.0433 e. The molecule has 1 N–H and O–H groups in total. The van der Waals surface area contributed by atoms with Crippen molar-refractivity contribution in [3.05, 3.63) is 0 Å². The van der Waals surface area contributed by atoms with E-state index in [1.54, 1.807) is 0 Å². The number of aliphatic hydroxyl groups excluding tert-OH is 1. The molecule has 0 aromatic rings. The summed E-state index contributed by atoms with van der Waals surface area (Å²) >= 11 is 0. The van der Waals surface area contributed by atoms with Crippen molar-refractivity contribution in [2.45, 2.75) is 41.0 Å². The van der Waals surface area contributed by atoms with E-state index in [0.29, 0.717) is 12.5 Å². The van der Waals surface area contributed by atoms with Gasteiger partial charge in [-0.25, -0.2) is 0 Å². The Morgan fingerprint density at radius 1 is 1.00 bits per heavy atom. The Labute approximate surface area is 65.5 Å². The summed E-state index contributed by atoms with van der Waals surface area (Å²) in [4.78, 5) is 0. The second kappa shape index (κ2) is 8.96. The summed E-state index contributed by atoms with van der Waals surface area (Å²) in [5.41, 5.74) is 0. The summed E-state index contributed by atoms with van der Waals surface area (Å²) in [6.45, 7) is 11.0. The van der Waals surface area contributed by atoms with E-state index < -0.39 is 0 Å². The Balaban J connectivity index is 0. The van der Waals surface area contributed by atoms with Crippen molar-refractivity contribution in [2.75, 3.05) is 6.61 Å². The molecule has 64 valence electrons. The first-order valence-corrected chi connectivity index (χ1v) is 4.11. The summed E-state index contributed by atoms with van der Waals surface area (Å²) in [6, 6.07) is 0. The van der Waals surface area contributed by atoms with E-state index in [2.05, 4.69) is 34.6 Å². The van der Waals surface area contributed by atoms with Gasteiger partial charge in [-0.1, -0.05) is 34.6 Å². The van der Waals surface area contributed by atoms with E-state index >= 15 is 0 Å². The predicted octanol–water partition coefficient (Wildman–Crippen LogP) is 2.69. The normalized spacial score (nSPS) is 9.60. The highest BCUT2D eigenvalue weighted by atomic mass is 16.2. The molecule has 0 atom stereocenters. The summed E-state index contributed by atoms with van der Waals surface area (Å²) in [5, 5.41) is 8.24. The zero-order valence-corrected chi connectivity index (χ0v) is 8.02. The molecule has 0 radical (unpaired) electrons. The van der Waals surface area contributed by atoms with Crippen LogP contribution in [0.3, 0.4) is 0 Å². The number of aliphatic hydroxyl groups is 1. The lowest BCUT2D eigenvalue weighted by atomic mass is 10.2. The van der Waals surface area contributed by atoms with Crippen LogP contribution in [0.5, 0.6) is 0 Å². The molecular weight excluding hydrogens is 124 g/mol. The monoisotopic (exact) mass is 146 g/mol. The van der Waals surface area contributed by atoms with E-state index in [0.717, 1.165) is 12.3 Å². The largest absolute Gasteiger partial charge is 0.396 e. The molecule has 0 rings (SSSR count). The van der Waals surface area contributed by atoms with Crippen molar-refractivity contribution >= 4 is 0 Å². The van der Waals surface area contributed by atoms with Gasteiger partial charge < -0.3 is 5.11 Å². The molecule has 0 bridgehead atoms. The highest BCUT2D eigenvalue weighted by Crippen LogP contribution is 1.94. The van der Waals surface area contributed by atoms with Crippen molar-refractivity contribution < 1.29 is 5.11 Å². The molecule has 0 amide bonds. The van der Waals surface area contributed by atoms with E-state index in [4.69, 9.17) is 5.11 Å². The van der Waals surface area contributed by atoms with Crippen LogP contribution in [-0.2, 0) is 0 Å². The van der Waals surface area contributed by atoms with Crippen LogP contribution < -0.4 is 0 Å². The van der Waals surface area contributed by atoms with Gasteiger partial charge in [0.25, 0.3) is 0 Å². The third-order valence-corrected chi connectivity index (χ3v) is 0.706. The van der Waals surface area contributed by atoms with Crippen LogP contribution in [-0.4, -0.2) is 11.7 Å². The van der Waals surface area contributed by atoms with Gasteiger partial charge in [0.15, 0.2) is 0 Å². The standard InChI is InChI=1S/C5H12O.C4H10/c1-5(2)3-4-6;1-4(2)3/h5-6H,3-4H2,1-2H3;4H,1-3H3. The Morgan fingerprint density at radius 3 is 1.30 bits per heavy atom. The van der Waals surface area contributed by atoms with Crippen molar-refractivity contribution in [3.8, 4) is 0 Å². The van der Waals surface area contributed by atoms with Crippen LogP contribution >= 0.6 is 0 Å². The smallest absolute Gasteiger partial charge is 0.0433 e. The van der Waals surface area contributed by atoms with Gasteiger partial charge in [-0.05, 0) is 18.3 Å². The molecule has 0 aliphatic rings. The Hall–Kier alpha value is -0.0400. The molecule has 0 aliphatic heterocycles. The van der Waals surface area contributed by atoms with Crippen molar-refractivity contribution in [2.24, 2.45) is 11.8 Å². The topological polar surface area (TPSA) is 20.2 Å². The Kier molecular flexibility index (Phi) is 11.3. The minimum absolute atomic E-state index is 0.331. The van der Waals surface area contributed by atoms with Gasteiger partial charge in [0.1, 0.15) is 0 Å². The lowest BCUT2D eigenvalue weighted by Crippen LogP contribution is -1.89. The van der Waals surface area contributed by atoms with Crippen LogP contribution in [0.15, 0.2) is 0 Å². The zero-order valence-electron chi connectivity index (χ0n) is 8.02. The molecule has 0 fully saturated rings. The van der Waals surface area contributed by atoms with E-state index in [1.807, 2.05) is 0 Å². The molecule has 1 nitrogen and oxygen atoms in total. The molecule has 0 saturated carbocycles. The average molecular weight is 146 g/mol. The van der Waals surface area contributed by atoms with Crippen LogP contribution in [0.25, 0.3) is 0 Å². The minimum Gasteiger partial charge on any atom is -0.396 e. The fraction of sp³-hybridized carbons (Fsp3) is 1.00. The van der Waals surface area contributed by atoms with Gasteiger partial charge in [0, 0.05) is 6.61 Å². The van der Waals surface area contributed by atoms with Crippen molar-refractivity contribution in [1.82, 2.24) is 0 Å². The number of hydrogen-bond donors (Lipinski definition) is 1. The summed E-state index contributed by atoms with van der Waals surface area (Å²) in [5.74, 6) is 1.48. The van der Waals surface area contributed by atoms with Crippen molar-refractivity contribution in [3.63, 3.8) is 0 Å². The highest BCUT2D eigenvalue weighted by molar-refractivity contribution is 4.38. The zero-order chi connectivity index (χ0) is 8.57. The van der Waals surface area contributed by atoms with Gasteiger partial charge in [-0.3, -0.25) is 0 Å². The fourth-order valence-corrected chi connectivity index (χ4v) is 0.258. The lowest BCUT2D eigenvalue weighted by molar-refractivity contribution is 0.268. The molecule has 0 aromatic carbocycles. The quantitative estimate of drug-likeness (QED) is 0.635. The fourth-order valence-electron chi connectivity index (χ4n) is 0.258. The first-order valence-electron chi connectivity index (χ1n) is 4.11. The highest BCUT2D eigenvalue weighted by Gasteiger charge is 1.86. The van der Waals surface area contributed by atoms with Crippen LogP contribution in [0.2, 0.25) is 0 Å². The summed E-state index contributed by atoms with van der Waals surface area (Å²) in [7, 11) is 0. The first kappa shape index (κ1) is 12.6. The number of hydrogen-bond acceptors (Lipinski definition) is 1. The minimum atomic E-state index is 0.331. The molecular formula is C9H22O. The van der Waals surface area contributed by atoms with E-state index in [-0.39, 0.29) is 0 Å². The Morgan fingerprint density at radius 2 is 1.30 bits per heavy atom. The third kappa shape index (κ3) is 44.0. The molecule has 0 heterocycles. The first-order chi connectivity index (χ1) is 4.50. The van der Waals surface area contributed by atoms with E-state index in [1.165, 1.54) is 0 Å². The van der Waals surface area contributed by atoms with Gasteiger partial charge in [-0.2, -0.15) is 0 Å². The predicted molar refractivity (Wildman–Crippen MR) is 47.1 cm³/mol. The van der Waals surface area contributed by atoms with Gasteiger partial charge >= 0.3 is 0 Å². The molecule has 0 unspecified atom stereocenters. The molecule has 0 aliphatic carbocycles. The van der Waals surface area contributed by atoms with Crippen LogP contribution in [0, 0.1) is 11.8 Å². The van der Waals surface area contributed by atoms with Crippen molar-refractivity contribution in [1.29, 1.82) is 0 Å². The average Bonchev–Trinajstić information content (AvgIpc) is 1.62.